The molecule has 2 aliphatic rings. The highest BCUT2D eigenvalue weighted by atomic mass is 15.3. The molecule has 0 aliphatic carbocycles. The van der Waals surface area contributed by atoms with Crippen LogP contribution in [-0.4, -0.2) is 57.6 Å². The minimum absolute atomic E-state index is 0.446. The van der Waals surface area contributed by atoms with E-state index in [-0.39, 0.29) is 0 Å². The zero-order chi connectivity index (χ0) is 15.8. The first kappa shape index (κ1) is 15.1. The van der Waals surface area contributed by atoms with Crippen molar-refractivity contribution in [3.05, 3.63) is 24.2 Å². The van der Waals surface area contributed by atoms with Crippen molar-refractivity contribution in [1.29, 1.82) is 0 Å². The van der Waals surface area contributed by atoms with Crippen molar-refractivity contribution in [2.24, 2.45) is 0 Å². The summed E-state index contributed by atoms with van der Waals surface area (Å²) in [5.74, 6) is 1.24. The Balaban J connectivity index is 1.79. The third kappa shape index (κ3) is 2.66. The third-order valence-electron chi connectivity index (χ3n) is 5.59. The smallest absolute Gasteiger partial charge is 0.160 e. The fourth-order valence-electron chi connectivity index (χ4n) is 4.31. The second-order valence-corrected chi connectivity index (χ2v) is 7.01. The molecular weight excluding hydrogens is 286 g/mol. The van der Waals surface area contributed by atoms with E-state index in [0.717, 1.165) is 24.3 Å². The van der Waals surface area contributed by atoms with Gasteiger partial charge in [-0.3, -0.25) is 4.90 Å². The van der Waals surface area contributed by atoms with Crippen molar-refractivity contribution in [3.8, 4) is 0 Å². The predicted molar refractivity (Wildman–Crippen MR) is 92.5 cm³/mol. The number of hydrogen-bond donors (Lipinski definition) is 0. The van der Waals surface area contributed by atoms with Gasteiger partial charge in [0, 0.05) is 18.8 Å². The molecule has 23 heavy (non-hydrogen) atoms. The molecule has 2 aliphatic heterocycles. The first-order valence-electron chi connectivity index (χ1n) is 9.03. The van der Waals surface area contributed by atoms with Crippen molar-refractivity contribution in [1.82, 2.24) is 24.3 Å². The van der Waals surface area contributed by atoms with E-state index < -0.39 is 0 Å². The van der Waals surface area contributed by atoms with Crippen LogP contribution in [0.1, 0.15) is 50.5 Å². The molecule has 0 saturated carbocycles. The van der Waals surface area contributed by atoms with Crippen molar-refractivity contribution >= 4 is 11.2 Å². The standard InChI is InChI=1S/C18H27N5/c1-3-22-12-5-7-14(13-22)23-17-15(8-4-10-19-17)20-18(23)16-9-6-11-21(16)2/h4,8,10,14,16H,3,5-7,9,11-13H2,1-2H3. The lowest BCUT2D eigenvalue weighted by Crippen LogP contribution is -2.37. The van der Waals surface area contributed by atoms with E-state index in [2.05, 4.69) is 39.4 Å². The van der Waals surface area contributed by atoms with Crippen LogP contribution in [0.3, 0.4) is 0 Å². The highest BCUT2D eigenvalue weighted by Crippen LogP contribution is 2.35. The number of piperidine rings is 1. The van der Waals surface area contributed by atoms with E-state index in [4.69, 9.17) is 4.98 Å². The van der Waals surface area contributed by atoms with Crippen LogP contribution >= 0.6 is 0 Å². The molecule has 5 heteroatoms. The van der Waals surface area contributed by atoms with Gasteiger partial charge in [0.25, 0.3) is 0 Å². The Morgan fingerprint density at radius 3 is 2.87 bits per heavy atom. The fourth-order valence-corrected chi connectivity index (χ4v) is 4.31. The topological polar surface area (TPSA) is 37.2 Å². The highest BCUT2D eigenvalue weighted by Gasteiger charge is 2.32. The molecule has 0 amide bonds. The number of rotatable bonds is 3. The molecule has 5 nitrogen and oxygen atoms in total. The summed E-state index contributed by atoms with van der Waals surface area (Å²) in [7, 11) is 2.23. The number of fused-ring (bicyclic) bond motifs is 1. The number of hydrogen-bond acceptors (Lipinski definition) is 4. The minimum atomic E-state index is 0.446. The number of imidazole rings is 1. The maximum Gasteiger partial charge on any atom is 0.160 e. The molecule has 0 radical (unpaired) electrons. The monoisotopic (exact) mass is 313 g/mol. The lowest BCUT2D eigenvalue weighted by molar-refractivity contribution is 0.180. The van der Waals surface area contributed by atoms with Crippen molar-refractivity contribution < 1.29 is 0 Å². The van der Waals surface area contributed by atoms with Gasteiger partial charge in [0.1, 0.15) is 11.3 Å². The quantitative estimate of drug-likeness (QED) is 0.873. The fraction of sp³-hybridized carbons (Fsp3) is 0.667. The molecule has 2 aromatic rings. The van der Waals surface area contributed by atoms with Crippen LogP contribution in [0.4, 0.5) is 0 Å². The van der Waals surface area contributed by atoms with Crippen LogP contribution in [0.2, 0.25) is 0 Å². The summed E-state index contributed by atoms with van der Waals surface area (Å²) in [4.78, 5) is 14.7. The van der Waals surface area contributed by atoms with Gasteiger partial charge in [0.05, 0.1) is 6.04 Å². The van der Waals surface area contributed by atoms with Gasteiger partial charge < -0.3 is 9.47 Å². The molecule has 2 fully saturated rings. The lowest BCUT2D eigenvalue weighted by atomic mass is 10.0. The number of aromatic nitrogens is 3. The molecule has 0 aromatic carbocycles. The zero-order valence-electron chi connectivity index (χ0n) is 14.3. The van der Waals surface area contributed by atoms with Gasteiger partial charge in [0.15, 0.2) is 5.65 Å². The summed E-state index contributed by atoms with van der Waals surface area (Å²) in [6.07, 6.45) is 6.89. The summed E-state index contributed by atoms with van der Waals surface area (Å²) in [6, 6.07) is 5.06. The van der Waals surface area contributed by atoms with E-state index >= 15 is 0 Å². The summed E-state index contributed by atoms with van der Waals surface area (Å²) < 4.78 is 2.48. The summed E-state index contributed by atoms with van der Waals surface area (Å²) in [5, 5.41) is 0. The summed E-state index contributed by atoms with van der Waals surface area (Å²) in [5.41, 5.74) is 2.13. The Hall–Kier alpha value is -1.46. The Labute approximate surface area is 138 Å². The second-order valence-electron chi connectivity index (χ2n) is 7.01. The number of pyridine rings is 1. The SMILES string of the molecule is CCN1CCCC(n2c(C3CCCN3C)nc3cccnc32)C1. The van der Waals surface area contributed by atoms with Gasteiger partial charge in [-0.25, -0.2) is 9.97 Å². The van der Waals surface area contributed by atoms with Crippen molar-refractivity contribution in [2.45, 2.75) is 44.7 Å². The third-order valence-corrected chi connectivity index (χ3v) is 5.59. The van der Waals surface area contributed by atoms with Gasteiger partial charge in [-0.05, 0) is 64.5 Å². The maximum absolute atomic E-state index is 5.01. The molecule has 2 saturated heterocycles. The normalized spacial score (nSPS) is 27.0. The molecule has 124 valence electrons. The Morgan fingerprint density at radius 1 is 1.22 bits per heavy atom. The first-order chi connectivity index (χ1) is 11.3. The average Bonchev–Trinajstić information content (AvgIpc) is 3.17. The van der Waals surface area contributed by atoms with E-state index in [1.54, 1.807) is 0 Å². The number of likely N-dealkylation sites (tertiary alicyclic amines) is 2. The van der Waals surface area contributed by atoms with Crippen LogP contribution in [0.15, 0.2) is 18.3 Å². The van der Waals surface area contributed by atoms with E-state index in [1.165, 1.54) is 44.6 Å². The molecule has 4 heterocycles. The zero-order valence-corrected chi connectivity index (χ0v) is 14.3. The van der Waals surface area contributed by atoms with Crippen LogP contribution in [-0.2, 0) is 0 Å². The van der Waals surface area contributed by atoms with Crippen LogP contribution in [0, 0.1) is 0 Å². The van der Waals surface area contributed by atoms with Crippen molar-refractivity contribution in [2.75, 3.05) is 33.2 Å². The van der Waals surface area contributed by atoms with Gasteiger partial charge in [0.2, 0.25) is 0 Å². The lowest BCUT2D eigenvalue weighted by Gasteiger charge is -2.34. The Morgan fingerprint density at radius 2 is 2.09 bits per heavy atom. The number of likely N-dealkylation sites (N-methyl/N-ethyl adjacent to an activating group) is 1. The second kappa shape index (κ2) is 6.21. The van der Waals surface area contributed by atoms with Gasteiger partial charge >= 0.3 is 0 Å². The molecular formula is C18H27N5. The molecule has 0 spiro atoms. The van der Waals surface area contributed by atoms with Gasteiger partial charge in [-0.1, -0.05) is 6.92 Å². The van der Waals surface area contributed by atoms with Crippen LogP contribution in [0.5, 0.6) is 0 Å². The van der Waals surface area contributed by atoms with Gasteiger partial charge in [-0.15, -0.1) is 0 Å². The molecule has 4 rings (SSSR count). The van der Waals surface area contributed by atoms with Gasteiger partial charge in [-0.2, -0.15) is 0 Å². The van der Waals surface area contributed by atoms with E-state index in [0.29, 0.717) is 12.1 Å². The van der Waals surface area contributed by atoms with E-state index in [9.17, 15) is 0 Å². The maximum atomic E-state index is 5.01. The molecule has 0 N–H and O–H groups in total. The van der Waals surface area contributed by atoms with Crippen LogP contribution < -0.4 is 0 Å². The Kier molecular flexibility index (Phi) is 4.07. The van der Waals surface area contributed by atoms with E-state index in [1.807, 2.05) is 12.3 Å². The van der Waals surface area contributed by atoms with Crippen molar-refractivity contribution in [3.63, 3.8) is 0 Å². The predicted octanol–water partition coefficient (Wildman–Crippen LogP) is 2.85. The molecule has 0 bridgehead atoms. The van der Waals surface area contributed by atoms with Crippen LogP contribution in [0.25, 0.3) is 11.2 Å². The highest BCUT2D eigenvalue weighted by molar-refractivity contribution is 5.71. The Bertz CT molecular complexity index is 679. The summed E-state index contributed by atoms with van der Waals surface area (Å²) in [6.45, 7) is 6.92. The first-order valence-corrected chi connectivity index (χ1v) is 9.03. The summed E-state index contributed by atoms with van der Waals surface area (Å²) >= 11 is 0. The minimum Gasteiger partial charge on any atom is -0.307 e. The molecule has 2 atom stereocenters. The molecule has 2 aromatic heterocycles. The average molecular weight is 313 g/mol. The number of nitrogens with zero attached hydrogens (tertiary/aromatic N) is 5. The molecule has 2 unspecified atom stereocenters. The largest absolute Gasteiger partial charge is 0.307 e.